The van der Waals surface area contributed by atoms with Crippen LogP contribution < -0.4 is 0 Å². The van der Waals surface area contributed by atoms with Crippen LogP contribution in [0.25, 0.3) is 0 Å². The monoisotopic (exact) mass is 191 g/mol. The molecule has 0 fully saturated rings. The molecule has 0 aliphatic heterocycles. The van der Waals surface area contributed by atoms with Crippen molar-refractivity contribution in [2.45, 2.75) is 6.42 Å². The summed E-state index contributed by atoms with van der Waals surface area (Å²) in [5.41, 5.74) is 0. The molecule has 0 heterocycles. The lowest BCUT2D eigenvalue weighted by molar-refractivity contribution is 1.23. The summed E-state index contributed by atoms with van der Waals surface area (Å²) in [6.07, 6.45) is 6.80. The average molecular weight is 192 g/mol. The minimum Gasteiger partial charge on any atom is -0.0879 e. The van der Waals surface area contributed by atoms with Gasteiger partial charge in [-0.05, 0) is 28.8 Å². The molecule has 0 aromatic heterocycles. The van der Waals surface area contributed by atoms with Crippen molar-refractivity contribution in [1.29, 1.82) is 0 Å². The van der Waals surface area contributed by atoms with Crippen molar-refractivity contribution in [3.63, 3.8) is 0 Å². The first-order chi connectivity index (χ1) is 3.80. The van der Waals surface area contributed by atoms with Crippen LogP contribution in [0.4, 0.5) is 0 Å². The molecule has 0 bridgehead atoms. The van der Waals surface area contributed by atoms with Crippen LogP contribution in [-0.4, -0.2) is 0 Å². The molecule has 0 saturated carbocycles. The second kappa shape index (κ2) is 2.70. The molecular formula is C6H5BrCl. The largest absolute Gasteiger partial charge is 0.0879 e. The summed E-state index contributed by atoms with van der Waals surface area (Å²) < 4.78 is 1.00. The normalized spacial score (nSPS) is 19.8. The minimum atomic E-state index is 0.860. The molecule has 8 heavy (non-hydrogen) atoms. The third-order valence-corrected chi connectivity index (χ3v) is 2.26. The molecule has 43 valence electrons. The van der Waals surface area contributed by atoms with Crippen molar-refractivity contribution < 1.29 is 0 Å². The molecule has 0 nitrogen and oxygen atoms in total. The number of hydrogen-bond acceptors (Lipinski definition) is 0. The maximum Gasteiger partial charge on any atom is 0.0328 e. The number of allylic oxidation sites excluding steroid dienone is 4. The lowest BCUT2D eigenvalue weighted by Gasteiger charge is -2.01. The third-order valence-electron chi connectivity index (χ3n) is 0.935. The molecule has 1 aliphatic carbocycles. The topological polar surface area (TPSA) is 0 Å². The van der Waals surface area contributed by atoms with E-state index in [9.17, 15) is 0 Å². The van der Waals surface area contributed by atoms with Crippen molar-refractivity contribution in [3.8, 4) is 0 Å². The Labute approximate surface area is 62.3 Å². The fraction of sp³-hybridized carbons (Fsp3) is 0.167. The van der Waals surface area contributed by atoms with Gasteiger partial charge < -0.3 is 0 Å². The van der Waals surface area contributed by atoms with Gasteiger partial charge in [-0.1, -0.05) is 23.8 Å². The van der Waals surface area contributed by atoms with E-state index < -0.39 is 0 Å². The molecule has 1 rings (SSSR count). The summed E-state index contributed by atoms with van der Waals surface area (Å²) in [4.78, 5) is 0. The van der Waals surface area contributed by atoms with E-state index in [0.717, 1.165) is 15.9 Å². The van der Waals surface area contributed by atoms with Gasteiger partial charge in [-0.25, -0.2) is 0 Å². The Hall–Kier alpha value is 0.250. The molecular weight excluding hydrogens is 187 g/mol. The first-order valence-corrected chi connectivity index (χ1v) is 3.52. The standard InChI is InChI=1S/C6H5BrCl/c7-5-3-1-2-4-6(5)8/h1-3H,4H2. The highest BCUT2D eigenvalue weighted by Gasteiger charge is 2.00. The van der Waals surface area contributed by atoms with Crippen molar-refractivity contribution in [1.82, 2.24) is 0 Å². The molecule has 0 unspecified atom stereocenters. The Balaban J connectivity index is 2.76. The van der Waals surface area contributed by atoms with E-state index in [2.05, 4.69) is 15.9 Å². The van der Waals surface area contributed by atoms with Gasteiger partial charge in [-0.2, -0.15) is 0 Å². The molecule has 0 N–H and O–H groups in total. The zero-order valence-corrected chi connectivity index (χ0v) is 6.54. The van der Waals surface area contributed by atoms with Crippen molar-refractivity contribution in [3.05, 3.63) is 28.1 Å². The van der Waals surface area contributed by atoms with Crippen molar-refractivity contribution >= 4 is 27.5 Å². The SMILES string of the molecule is ClC1=C(Br)C=C[CH]C1. The predicted octanol–water partition coefficient (Wildman–Crippen LogP) is 3.00. The van der Waals surface area contributed by atoms with Gasteiger partial charge in [0.15, 0.2) is 0 Å². The van der Waals surface area contributed by atoms with Gasteiger partial charge in [0.2, 0.25) is 0 Å². The molecule has 0 aromatic carbocycles. The Bertz CT molecular complexity index is 147. The molecule has 2 heteroatoms. The van der Waals surface area contributed by atoms with Crippen LogP contribution in [0.2, 0.25) is 0 Å². The van der Waals surface area contributed by atoms with E-state index in [1.54, 1.807) is 0 Å². The van der Waals surface area contributed by atoms with E-state index in [1.165, 1.54) is 0 Å². The van der Waals surface area contributed by atoms with Gasteiger partial charge in [0, 0.05) is 9.51 Å². The van der Waals surface area contributed by atoms with Crippen LogP contribution in [0.15, 0.2) is 21.7 Å². The van der Waals surface area contributed by atoms with Gasteiger partial charge in [-0.3, -0.25) is 0 Å². The van der Waals surface area contributed by atoms with Gasteiger partial charge in [0.1, 0.15) is 0 Å². The van der Waals surface area contributed by atoms with Gasteiger partial charge in [0.25, 0.3) is 0 Å². The summed E-state index contributed by atoms with van der Waals surface area (Å²) in [5.74, 6) is 0. The highest BCUT2D eigenvalue weighted by Crippen LogP contribution is 2.25. The second-order valence-electron chi connectivity index (χ2n) is 1.55. The zero-order valence-electron chi connectivity index (χ0n) is 4.20. The number of halogens is 2. The Morgan fingerprint density at radius 2 is 2.38 bits per heavy atom. The first kappa shape index (κ1) is 6.37. The lowest BCUT2D eigenvalue weighted by atomic mass is 10.2. The van der Waals surface area contributed by atoms with Crippen LogP contribution in [0.3, 0.4) is 0 Å². The maximum atomic E-state index is 5.72. The molecule has 0 amide bonds. The highest BCUT2D eigenvalue weighted by molar-refractivity contribution is 9.12. The fourth-order valence-electron chi connectivity index (χ4n) is 0.512. The summed E-state index contributed by atoms with van der Waals surface area (Å²) in [6.45, 7) is 0. The van der Waals surface area contributed by atoms with E-state index in [4.69, 9.17) is 11.6 Å². The Morgan fingerprint density at radius 3 is 2.75 bits per heavy atom. The molecule has 0 aromatic rings. The summed E-state index contributed by atoms with van der Waals surface area (Å²) in [5, 5.41) is 0.882. The van der Waals surface area contributed by atoms with E-state index in [0.29, 0.717) is 0 Å². The van der Waals surface area contributed by atoms with Gasteiger partial charge >= 0.3 is 0 Å². The smallest absolute Gasteiger partial charge is 0.0328 e. The second-order valence-corrected chi connectivity index (χ2v) is 2.86. The van der Waals surface area contributed by atoms with Crippen LogP contribution in [0.1, 0.15) is 6.42 Å². The Morgan fingerprint density at radius 1 is 1.62 bits per heavy atom. The average Bonchev–Trinajstić information content (AvgIpc) is 1.77. The molecule has 0 spiro atoms. The molecule has 1 radical (unpaired) electrons. The summed E-state index contributed by atoms with van der Waals surface area (Å²) >= 11 is 9.01. The summed E-state index contributed by atoms with van der Waals surface area (Å²) in [6, 6.07) is 0. The van der Waals surface area contributed by atoms with E-state index in [-0.39, 0.29) is 0 Å². The van der Waals surface area contributed by atoms with Crippen molar-refractivity contribution in [2.75, 3.05) is 0 Å². The van der Waals surface area contributed by atoms with Crippen LogP contribution in [0, 0.1) is 6.42 Å². The van der Waals surface area contributed by atoms with E-state index >= 15 is 0 Å². The number of hydrogen-bond donors (Lipinski definition) is 0. The lowest BCUT2D eigenvalue weighted by Crippen LogP contribution is -1.81. The minimum absolute atomic E-state index is 0.860. The third kappa shape index (κ3) is 1.36. The predicted molar refractivity (Wildman–Crippen MR) is 39.9 cm³/mol. The molecule has 0 atom stereocenters. The maximum absolute atomic E-state index is 5.72. The van der Waals surface area contributed by atoms with Gasteiger partial charge in [0.05, 0.1) is 0 Å². The quantitative estimate of drug-likeness (QED) is 0.553. The zero-order chi connectivity index (χ0) is 5.98. The van der Waals surface area contributed by atoms with E-state index in [1.807, 2.05) is 18.6 Å². The van der Waals surface area contributed by atoms with Crippen LogP contribution in [0.5, 0.6) is 0 Å². The molecule has 0 saturated heterocycles. The Kier molecular flexibility index (Phi) is 2.15. The molecule has 1 aliphatic rings. The van der Waals surface area contributed by atoms with Crippen LogP contribution in [-0.2, 0) is 0 Å². The number of rotatable bonds is 0. The fourth-order valence-corrected chi connectivity index (χ4v) is 0.979. The van der Waals surface area contributed by atoms with Crippen molar-refractivity contribution in [2.24, 2.45) is 0 Å². The summed E-state index contributed by atoms with van der Waals surface area (Å²) in [7, 11) is 0. The van der Waals surface area contributed by atoms with Crippen LogP contribution >= 0.6 is 27.5 Å². The highest BCUT2D eigenvalue weighted by atomic mass is 79.9. The van der Waals surface area contributed by atoms with Gasteiger partial charge in [-0.15, -0.1) is 0 Å². The first-order valence-electron chi connectivity index (χ1n) is 2.35.